The fourth-order valence-electron chi connectivity index (χ4n) is 3.52. The van der Waals surface area contributed by atoms with Gasteiger partial charge in [-0.3, -0.25) is 19.9 Å². The Balaban J connectivity index is 1.72. The van der Waals surface area contributed by atoms with Gasteiger partial charge in [-0.2, -0.15) is 13.2 Å². The molecule has 8 nitrogen and oxygen atoms in total. The van der Waals surface area contributed by atoms with E-state index in [1.165, 1.54) is 11.1 Å². The molecular formula is C24H26F3N5O3. The van der Waals surface area contributed by atoms with E-state index in [-0.39, 0.29) is 35.6 Å². The zero-order chi connectivity index (χ0) is 25.8. The third kappa shape index (κ3) is 6.37. The number of rotatable bonds is 7. The maximum atomic E-state index is 12.8. The van der Waals surface area contributed by atoms with Crippen LogP contribution in [0.2, 0.25) is 0 Å². The quantitative estimate of drug-likeness (QED) is 0.392. The van der Waals surface area contributed by atoms with Crippen molar-refractivity contribution in [2.75, 3.05) is 13.6 Å². The minimum Gasteiger partial charge on any atom is -0.444 e. The number of nitrogens with one attached hydrogen (secondary N) is 3. The van der Waals surface area contributed by atoms with Crippen LogP contribution in [0.4, 0.5) is 13.2 Å². The molecule has 0 bridgehead atoms. The fraction of sp³-hybridized carbons (Fsp3) is 0.333. The standard InChI is InChI=1S/C24H26F3N5O3/c1-14(7-9-24(25,26)27)16-5-4-6-17(11-16)22-31-19(13-35-22)21(33)30-18(12-29-3)20(28)32-10-8-15(2)23(32)34/h6-8,11-13,28-29H,4-5,9-10H2,1-3H3,(H,30,33)/b14-7-,18-12+,28-20?. The maximum absolute atomic E-state index is 12.8. The maximum Gasteiger partial charge on any atom is 0.392 e. The molecule has 3 rings (SSSR count). The summed E-state index contributed by atoms with van der Waals surface area (Å²) in [5.74, 6) is -0.997. The molecule has 35 heavy (non-hydrogen) atoms. The van der Waals surface area contributed by atoms with E-state index in [9.17, 15) is 22.8 Å². The smallest absolute Gasteiger partial charge is 0.392 e. The van der Waals surface area contributed by atoms with E-state index in [2.05, 4.69) is 15.6 Å². The van der Waals surface area contributed by atoms with E-state index in [1.54, 1.807) is 33.0 Å². The number of carbonyl (C=O) groups is 2. The van der Waals surface area contributed by atoms with Crippen LogP contribution in [-0.4, -0.2) is 47.3 Å². The number of carbonyl (C=O) groups excluding carboxylic acids is 2. The largest absolute Gasteiger partial charge is 0.444 e. The molecule has 1 aliphatic heterocycles. The lowest BCUT2D eigenvalue weighted by Crippen LogP contribution is -2.40. The summed E-state index contributed by atoms with van der Waals surface area (Å²) in [6.45, 7) is 3.51. The first-order valence-corrected chi connectivity index (χ1v) is 10.9. The molecule has 0 saturated carbocycles. The molecule has 0 saturated heterocycles. The van der Waals surface area contributed by atoms with Gasteiger partial charge in [0.2, 0.25) is 5.89 Å². The van der Waals surface area contributed by atoms with Crippen molar-refractivity contribution in [3.63, 3.8) is 0 Å². The van der Waals surface area contributed by atoms with Gasteiger partial charge in [-0.15, -0.1) is 0 Å². The summed E-state index contributed by atoms with van der Waals surface area (Å²) in [5, 5.41) is 13.6. The van der Waals surface area contributed by atoms with Gasteiger partial charge in [0.1, 0.15) is 6.26 Å². The second-order valence-corrected chi connectivity index (χ2v) is 8.06. The Kier molecular flexibility index (Phi) is 7.78. The normalized spacial score (nSPS) is 17.1. The molecule has 11 heteroatoms. The minimum atomic E-state index is -4.27. The first-order valence-electron chi connectivity index (χ1n) is 10.9. The minimum absolute atomic E-state index is 0.0531. The van der Waals surface area contributed by atoms with Gasteiger partial charge >= 0.3 is 6.18 Å². The van der Waals surface area contributed by atoms with Gasteiger partial charge in [0.15, 0.2) is 11.5 Å². The number of amidine groups is 1. The van der Waals surface area contributed by atoms with Crippen LogP contribution in [0.1, 0.15) is 49.5 Å². The Morgan fingerprint density at radius 3 is 2.71 bits per heavy atom. The van der Waals surface area contributed by atoms with Crippen molar-refractivity contribution in [2.45, 2.75) is 39.3 Å². The van der Waals surface area contributed by atoms with Crippen LogP contribution in [0.3, 0.4) is 0 Å². The molecule has 2 heterocycles. The van der Waals surface area contributed by atoms with Crippen LogP contribution in [0.25, 0.3) is 5.57 Å². The summed E-state index contributed by atoms with van der Waals surface area (Å²) >= 11 is 0. The Labute approximate surface area is 200 Å². The monoisotopic (exact) mass is 489 g/mol. The predicted molar refractivity (Wildman–Crippen MR) is 124 cm³/mol. The van der Waals surface area contributed by atoms with Crippen molar-refractivity contribution in [1.82, 2.24) is 20.5 Å². The number of aromatic nitrogens is 1. The van der Waals surface area contributed by atoms with Crippen LogP contribution < -0.4 is 10.6 Å². The zero-order valence-electron chi connectivity index (χ0n) is 19.5. The molecule has 0 radical (unpaired) electrons. The van der Waals surface area contributed by atoms with Gasteiger partial charge in [0.25, 0.3) is 11.8 Å². The molecule has 1 aromatic rings. The molecular weight excluding hydrogens is 463 g/mol. The van der Waals surface area contributed by atoms with E-state index < -0.39 is 18.5 Å². The van der Waals surface area contributed by atoms with Crippen molar-refractivity contribution in [2.24, 2.45) is 0 Å². The lowest BCUT2D eigenvalue weighted by molar-refractivity contribution is -0.125. The van der Waals surface area contributed by atoms with E-state index in [0.717, 1.165) is 17.9 Å². The van der Waals surface area contributed by atoms with Crippen LogP contribution in [0.15, 0.2) is 63.6 Å². The molecule has 2 aliphatic rings. The predicted octanol–water partition coefficient (Wildman–Crippen LogP) is 4.23. The first kappa shape index (κ1) is 25.7. The summed E-state index contributed by atoms with van der Waals surface area (Å²) in [6, 6.07) is 0. The van der Waals surface area contributed by atoms with Crippen molar-refractivity contribution in [1.29, 1.82) is 5.41 Å². The van der Waals surface area contributed by atoms with Crippen LogP contribution in [-0.2, 0) is 4.79 Å². The lowest BCUT2D eigenvalue weighted by Gasteiger charge is -2.19. The van der Waals surface area contributed by atoms with E-state index in [1.807, 2.05) is 6.08 Å². The van der Waals surface area contributed by atoms with Gasteiger partial charge in [-0.05, 0) is 38.3 Å². The van der Waals surface area contributed by atoms with Gasteiger partial charge in [0.05, 0.1) is 12.1 Å². The molecule has 0 unspecified atom stereocenters. The van der Waals surface area contributed by atoms with Crippen molar-refractivity contribution in [3.05, 3.63) is 70.8 Å². The molecule has 0 atom stereocenters. The summed E-state index contributed by atoms with van der Waals surface area (Å²) in [6.07, 6.45) is 4.83. The molecule has 1 aliphatic carbocycles. The Bertz CT molecular complexity index is 1190. The second kappa shape index (κ2) is 10.6. The van der Waals surface area contributed by atoms with Crippen molar-refractivity contribution < 1.29 is 27.2 Å². The van der Waals surface area contributed by atoms with Crippen molar-refractivity contribution in [3.8, 4) is 0 Å². The van der Waals surface area contributed by atoms with Crippen LogP contribution >= 0.6 is 0 Å². The van der Waals surface area contributed by atoms with E-state index in [4.69, 9.17) is 9.83 Å². The third-order valence-corrected chi connectivity index (χ3v) is 5.46. The Morgan fingerprint density at radius 2 is 2.09 bits per heavy atom. The SMILES string of the molecule is CN/C=C(/NC(=O)c1coc(C2=CCCC(/C(C)=C\CC(F)(F)F)=C2)n1)C(=N)N1CC=C(C)C1=O. The topological polar surface area (TPSA) is 111 Å². The number of alkyl halides is 3. The van der Waals surface area contributed by atoms with Gasteiger partial charge in [0, 0.05) is 30.9 Å². The number of halogens is 3. The molecule has 1 aromatic heterocycles. The molecule has 0 fully saturated rings. The Morgan fingerprint density at radius 1 is 1.34 bits per heavy atom. The van der Waals surface area contributed by atoms with E-state index in [0.29, 0.717) is 29.6 Å². The summed E-state index contributed by atoms with van der Waals surface area (Å²) in [4.78, 5) is 30.4. The molecule has 186 valence electrons. The summed E-state index contributed by atoms with van der Waals surface area (Å²) < 4.78 is 43.1. The highest BCUT2D eigenvalue weighted by molar-refractivity contribution is 6.13. The number of nitrogens with zero attached hydrogens (tertiary/aromatic N) is 2. The number of amides is 2. The first-order chi connectivity index (χ1) is 16.5. The molecule has 0 spiro atoms. The number of hydrogen-bond acceptors (Lipinski definition) is 6. The highest BCUT2D eigenvalue weighted by Crippen LogP contribution is 2.30. The van der Waals surface area contributed by atoms with Crippen molar-refractivity contribution >= 4 is 23.2 Å². The van der Waals surface area contributed by atoms with E-state index >= 15 is 0 Å². The van der Waals surface area contributed by atoms with Crippen LogP contribution in [0, 0.1) is 5.41 Å². The molecule has 2 amide bonds. The molecule has 3 N–H and O–H groups in total. The summed E-state index contributed by atoms with van der Waals surface area (Å²) in [7, 11) is 1.59. The highest BCUT2D eigenvalue weighted by atomic mass is 19.4. The zero-order valence-corrected chi connectivity index (χ0v) is 19.5. The Hall–Kier alpha value is -3.89. The second-order valence-electron chi connectivity index (χ2n) is 8.06. The fourth-order valence-corrected chi connectivity index (χ4v) is 3.52. The number of hydrogen-bond donors (Lipinski definition) is 3. The van der Waals surface area contributed by atoms with Gasteiger partial charge in [-0.25, -0.2) is 4.98 Å². The molecule has 0 aromatic carbocycles. The average Bonchev–Trinajstić information content (AvgIpc) is 3.44. The van der Waals surface area contributed by atoms with Gasteiger partial charge < -0.3 is 15.1 Å². The highest BCUT2D eigenvalue weighted by Gasteiger charge is 2.28. The number of oxazole rings is 1. The summed E-state index contributed by atoms with van der Waals surface area (Å²) in [5.41, 5.74) is 2.36. The third-order valence-electron chi connectivity index (χ3n) is 5.46. The van der Waals surface area contributed by atoms with Crippen LogP contribution in [0.5, 0.6) is 0 Å². The average molecular weight is 489 g/mol. The number of allylic oxidation sites excluding steroid dienone is 6. The lowest BCUT2D eigenvalue weighted by atomic mass is 9.93. The van der Waals surface area contributed by atoms with Gasteiger partial charge in [-0.1, -0.05) is 23.8 Å².